The fraction of sp³-hybridized carbons (Fsp3) is 0.562. The highest BCUT2D eigenvalue weighted by Gasteiger charge is 2.41. The molecule has 2 amide bonds. The quantitative estimate of drug-likeness (QED) is 0.327. The highest BCUT2D eigenvalue weighted by molar-refractivity contribution is 7.99. The normalized spacial score (nSPS) is 23.1. The number of nitrogens with zero attached hydrogens (tertiary/aromatic N) is 1. The molecule has 1 heterocycles. The monoisotopic (exact) mass is 567 g/mol. The Morgan fingerprint density at radius 1 is 1.05 bits per heavy atom. The van der Waals surface area contributed by atoms with Gasteiger partial charge in [-0.25, -0.2) is 0 Å². The van der Waals surface area contributed by atoms with E-state index in [9.17, 15) is 19.8 Å². The molecule has 4 rings (SSSR count). The maximum Gasteiger partial charge on any atom is 0.252 e. The molecule has 1 aliphatic heterocycles. The number of thioether (sulfide) groups is 1. The molecule has 0 unspecified atom stereocenters. The average molecular weight is 568 g/mol. The summed E-state index contributed by atoms with van der Waals surface area (Å²) in [5.41, 5.74) is 0.543. The molecule has 1 aliphatic carbocycles. The van der Waals surface area contributed by atoms with Crippen LogP contribution < -0.4 is 10.6 Å². The van der Waals surface area contributed by atoms with Crippen molar-refractivity contribution in [2.45, 2.75) is 88.4 Å². The molecule has 2 aromatic carbocycles. The minimum Gasteiger partial charge on any atom is -0.508 e. The van der Waals surface area contributed by atoms with E-state index in [1.54, 1.807) is 36.9 Å². The molecule has 0 bridgehead atoms. The standard InChI is InChI=1S/C32H45N3O4S/c1-21-25(15-10-16-28(21)36)30(38)33-26(20-40-24-13-6-5-7-14-24)29(37)19-35-18-23-12-9-8-11-22(23)17-27(35)31(39)34-32(2,3)4/h5-7,10,13-16,22-23,26-27,29,36-37H,8-9,11-12,17-20H2,1-4H3,(H,33,38)(H,34,39)/t22-,23+,26+,27+,29-/m1/s1. The Labute approximate surface area is 243 Å². The van der Waals surface area contributed by atoms with Gasteiger partial charge in [0.1, 0.15) is 5.75 Å². The summed E-state index contributed by atoms with van der Waals surface area (Å²) in [6.07, 6.45) is 4.67. The highest BCUT2D eigenvalue weighted by atomic mass is 32.2. The predicted octanol–water partition coefficient (Wildman–Crippen LogP) is 4.75. The summed E-state index contributed by atoms with van der Waals surface area (Å²) in [6.45, 7) is 8.76. The second-order valence-corrected chi connectivity index (χ2v) is 13.6. The third-order valence-corrected chi connectivity index (χ3v) is 9.36. The number of piperidine rings is 1. The minimum absolute atomic E-state index is 0.0124. The lowest BCUT2D eigenvalue weighted by Gasteiger charge is -2.47. The average Bonchev–Trinajstić information content (AvgIpc) is 2.91. The topological polar surface area (TPSA) is 102 Å². The van der Waals surface area contributed by atoms with Gasteiger partial charge < -0.3 is 20.8 Å². The summed E-state index contributed by atoms with van der Waals surface area (Å²) < 4.78 is 0. The summed E-state index contributed by atoms with van der Waals surface area (Å²) >= 11 is 1.57. The zero-order valence-corrected chi connectivity index (χ0v) is 25.0. The second kappa shape index (κ2) is 13.4. The van der Waals surface area contributed by atoms with Crippen molar-refractivity contribution in [1.29, 1.82) is 0 Å². The molecular formula is C32H45N3O4S. The number of likely N-dealkylation sites (tertiary alicyclic amines) is 1. The van der Waals surface area contributed by atoms with E-state index in [2.05, 4.69) is 15.5 Å². The summed E-state index contributed by atoms with van der Waals surface area (Å²) in [5, 5.41) is 28.0. The molecule has 4 N–H and O–H groups in total. The third-order valence-electron chi connectivity index (χ3n) is 8.23. The summed E-state index contributed by atoms with van der Waals surface area (Å²) in [6, 6.07) is 13.9. The van der Waals surface area contributed by atoms with Gasteiger partial charge in [-0.3, -0.25) is 14.5 Å². The maximum absolute atomic E-state index is 13.5. The molecule has 1 saturated carbocycles. The van der Waals surface area contributed by atoms with Crippen LogP contribution in [-0.2, 0) is 4.79 Å². The first kappa shape index (κ1) is 30.4. The smallest absolute Gasteiger partial charge is 0.252 e. The zero-order valence-electron chi connectivity index (χ0n) is 24.2. The van der Waals surface area contributed by atoms with Crippen molar-refractivity contribution in [2.24, 2.45) is 11.8 Å². The van der Waals surface area contributed by atoms with E-state index in [1.165, 1.54) is 12.8 Å². The minimum atomic E-state index is -0.886. The van der Waals surface area contributed by atoms with Gasteiger partial charge in [-0.05, 0) is 76.6 Å². The van der Waals surface area contributed by atoms with Gasteiger partial charge in [0.2, 0.25) is 5.91 Å². The molecule has 2 aromatic rings. The number of hydrogen-bond donors (Lipinski definition) is 4. The highest BCUT2D eigenvalue weighted by Crippen LogP contribution is 2.39. The van der Waals surface area contributed by atoms with Gasteiger partial charge in [0.25, 0.3) is 5.91 Å². The molecule has 0 spiro atoms. The van der Waals surface area contributed by atoms with Gasteiger partial charge in [-0.15, -0.1) is 11.8 Å². The van der Waals surface area contributed by atoms with Crippen LogP contribution in [0.1, 0.15) is 68.8 Å². The summed E-state index contributed by atoms with van der Waals surface area (Å²) in [4.78, 5) is 30.0. The predicted molar refractivity (Wildman–Crippen MR) is 161 cm³/mol. The molecule has 40 heavy (non-hydrogen) atoms. The number of carbonyl (C=O) groups excluding carboxylic acids is 2. The molecule has 5 atom stereocenters. The Kier molecular flexibility index (Phi) is 10.2. The van der Waals surface area contributed by atoms with Crippen molar-refractivity contribution in [3.8, 4) is 5.75 Å². The molecule has 218 valence electrons. The number of amides is 2. The second-order valence-electron chi connectivity index (χ2n) is 12.5. The fourth-order valence-corrected chi connectivity index (χ4v) is 7.09. The zero-order chi connectivity index (χ0) is 28.9. The molecular weight excluding hydrogens is 522 g/mol. The third kappa shape index (κ3) is 8.02. The summed E-state index contributed by atoms with van der Waals surface area (Å²) in [5.74, 6) is 1.27. The number of aromatic hydroxyl groups is 1. The number of rotatable bonds is 9. The van der Waals surface area contributed by atoms with Gasteiger partial charge in [0, 0.05) is 40.4 Å². The van der Waals surface area contributed by atoms with Crippen LogP contribution in [0.25, 0.3) is 0 Å². The van der Waals surface area contributed by atoms with Gasteiger partial charge in [0.05, 0.1) is 18.2 Å². The lowest BCUT2D eigenvalue weighted by molar-refractivity contribution is -0.132. The number of fused-ring (bicyclic) bond motifs is 1. The number of hydrogen-bond acceptors (Lipinski definition) is 6. The van der Waals surface area contributed by atoms with Crippen LogP contribution in [0.5, 0.6) is 5.75 Å². The number of benzene rings is 2. The molecule has 7 nitrogen and oxygen atoms in total. The van der Waals surface area contributed by atoms with E-state index in [4.69, 9.17) is 0 Å². The van der Waals surface area contributed by atoms with Crippen LogP contribution >= 0.6 is 11.8 Å². The molecule has 2 fully saturated rings. The van der Waals surface area contributed by atoms with Crippen LogP contribution in [0.3, 0.4) is 0 Å². The molecule has 0 radical (unpaired) electrons. The number of phenolic OH excluding ortho intramolecular Hbond substituents is 1. The Bertz CT molecular complexity index is 1150. The molecule has 8 heteroatoms. The summed E-state index contributed by atoms with van der Waals surface area (Å²) in [7, 11) is 0. The van der Waals surface area contributed by atoms with E-state index in [0.717, 1.165) is 30.7 Å². The van der Waals surface area contributed by atoms with Gasteiger partial charge in [-0.1, -0.05) is 43.5 Å². The van der Waals surface area contributed by atoms with Gasteiger partial charge >= 0.3 is 0 Å². The number of phenols is 1. The van der Waals surface area contributed by atoms with Crippen molar-refractivity contribution in [2.75, 3.05) is 18.8 Å². The van der Waals surface area contributed by atoms with Gasteiger partial charge in [0.15, 0.2) is 0 Å². The number of aliphatic hydroxyl groups excluding tert-OH is 1. The largest absolute Gasteiger partial charge is 0.508 e. The van der Waals surface area contributed by atoms with Crippen LogP contribution in [0.15, 0.2) is 53.4 Å². The van der Waals surface area contributed by atoms with E-state index < -0.39 is 12.1 Å². The Morgan fingerprint density at radius 2 is 1.75 bits per heavy atom. The van der Waals surface area contributed by atoms with Crippen LogP contribution in [0.2, 0.25) is 0 Å². The number of aliphatic hydroxyl groups is 1. The molecule has 0 aromatic heterocycles. The van der Waals surface area contributed by atoms with Crippen molar-refractivity contribution in [1.82, 2.24) is 15.5 Å². The van der Waals surface area contributed by atoms with Crippen LogP contribution in [-0.4, -0.2) is 69.5 Å². The van der Waals surface area contributed by atoms with Crippen molar-refractivity contribution in [3.05, 3.63) is 59.7 Å². The van der Waals surface area contributed by atoms with Crippen LogP contribution in [0, 0.1) is 18.8 Å². The van der Waals surface area contributed by atoms with Crippen LogP contribution in [0.4, 0.5) is 0 Å². The van der Waals surface area contributed by atoms with E-state index >= 15 is 0 Å². The SMILES string of the molecule is Cc1c(O)cccc1C(=O)N[C@@H](CSc1ccccc1)[C@H](O)CN1C[C@@H]2CCCC[C@@H]2C[C@H]1C(=O)NC(C)(C)C. The lowest BCUT2D eigenvalue weighted by atomic mass is 9.72. The lowest BCUT2D eigenvalue weighted by Crippen LogP contribution is -2.60. The Balaban J connectivity index is 1.54. The van der Waals surface area contributed by atoms with Crippen molar-refractivity contribution >= 4 is 23.6 Å². The van der Waals surface area contributed by atoms with Crippen molar-refractivity contribution < 1.29 is 19.8 Å². The van der Waals surface area contributed by atoms with E-state index in [0.29, 0.717) is 35.3 Å². The first-order chi connectivity index (χ1) is 19.0. The molecule has 1 saturated heterocycles. The first-order valence-electron chi connectivity index (χ1n) is 14.5. The van der Waals surface area contributed by atoms with Crippen molar-refractivity contribution in [3.63, 3.8) is 0 Å². The maximum atomic E-state index is 13.5. The number of carbonyl (C=O) groups is 2. The first-order valence-corrected chi connectivity index (χ1v) is 15.5. The van der Waals surface area contributed by atoms with Gasteiger partial charge in [-0.2, -0.15) is 0 Å². The van der Waals surface area contributed by atoms with E-state index in [-0.39, 0.29) is 29.1 Å². The Morgan fingerprint density at radius 3 is 2.45 bits per heavy atom. The fourth-order valence-electron chi connectivity index (χ4n) is 6.06. The number of β-amino-alcohol motifs (C(OH)–C–C–N with tert-alkyl or cyclic N) is 1. The Hall–Kier alpha value is -2.55. The van der Waals surface area contributed by atoms with E-state index in [1.807, 2.05) is 51.1 Å². The number of nitrogens with one attached hydrogen (secondary N) is 2. The molecule has 2 aliphatic rings.